The number of thiazole rings is 1. The van der Waals surface area contributed by atoms with E-state index < -0.39 is 0 Å². The van der Waals surface area contributed by atoms with Crippen LogP contribution in [0.25, 0.3) is 10.9 Å². The number of carbonyl (C=O) groups excluding carboxylic acids is 1. The van der Waals surface area contributed by atoms with Crippen molar-refractivity contribution in [2.75, 3.05) is 13.7 Å². The van der Waals surface area contributed by atoms with Crippen LogP contribution < -0.4 is 10.1 Å². The number of nitrogens with zero attached hydrogens (tertiary/aromatic N) is 2. The van der Waals surface area contributed by atoms with Crippen molar-refractivity contribution in [3.05, 3.63) is 45.5 Å². The zero-order valence-corrected chi connectivity index (χ0v) is 15.3. The summed E-state index contributed by atoms with van der Waals surface area (Å²) in [6.45, 7) is 0.607. The molecule has 2 heterocycles. The van der Waals surface area contributed by atoms with E-state index in [9.17, 15) is 4.79 Å². The fourth-order valence-electron chi connectivity index (χ4n) is 3.40. The maximum Gasteiger partial charge on any atom is 0.267 e. The van der Waals surface area contributed by atoms with Crippen molar-refractivity contribution in [1.29, 1.82) is 0 Å². The molecular weight excluding hydrogens is 334 g/mol. The van der Waals surface area contributed by atoms with Gasteiger partial charge in [-0.25, -0.2) is 4.98 Å². The second kappa shape index (κ2) is 6.52. The summed E-state index contributed by atoms with van der Waals surface area (Å²) in [6, 6.07) is 7.74. The first kappa shape index (κ1) is 16.1. The molecule has 0 saturated carbocycles. The summed E-state index contributed by atoms with van der Waals surface area (Å²) in [4.78, 5) is 18.7. The lowest BCUT2D eigenvalue weighted by molar-refractivity contribution is 0.0946. The van der Waals surface area contributed by atoms with Crippen molar-refractivity contribution in [2.45, 2.75) is 25.7 Å². The first-order valence-electron chi connectivity index (χ1n) is 8.55. The third kappa shape index (κ3) is 3.02. The summed E-state index contributed by atoms with van der Waals surface area (Å²) in [5.41, 5.74) is 2.95. The minimum absolute atomic E-state index is 0.0539. The van der Waals surface area contributed by atoms with Crippen molar-refractivity contribution in [2.24, 2.45) is 7.05 Å². The second-order valence-electron chi connectivity index (χ2n) is 6.35. The van der Waals surface area contributed by atoms with Gasteiger partial charge in [-0.15, -0.1) is 11.3 Å². The Morgan fingerprint density at radius 3 is 3.04 bits per heavy atom. The highest BCUT2D eigenvalue weighted by atomic mass is 32.1. The smallest absolute Gasteiger partial charge is 0.267 e. The Morgan fingerprint density at radius 2 is 2.24 bits per heavy atom. The van der Waals surface area contributed by atoms with Gasteiger partial charge in [0.15, 0.2) is 0 Å². The van der Waals surface area contributed by atoms with Gasteiger partial charge >= 0.3 is 0 Å². The highest BCUT2D eigenvalue weighted by Gasteiger charge is 2.17. The Hall–Kier alpha value is -2.34. The molecule has 1 aliphatic rings. The normalized spacial score (nSPS) is 13.2. The lowest BCUT2D eigenvalue weighted by Crippen LogP contribution is -2.27. The Balaban J connectivity index is 1.43. The molecule has 1 aliphatic carbocycles. The number of amides is 1. The maximum absolute atomic E-state index is 12.5. The minimum Gasteiger partial charge on any atom is -0.497 e. The van der Waals surface area contributed by atoms with Gasteiger partial charge in [0.25, 0.3) is 5.91 Å². The molecule has 3 aromatic rings. The van der Waals surface area contributed by atoms with Crippen LogP contribution in [0.4, 0.5) is 0 Å². The molecule has 0 unspecified atom stereocenters. The Morgan fingerprint density at radius 1 is 1.36 bits per heavy atom. The average Bonchev–Trinajstić information content (AvgIpc) is 3.28. The summed E-state index contributed by atoms with van der Waals surface area (Å²) in [5.74, 6) is 0.739. The molecule has 0 saturated heterocycles. The molecule has 6 heteroatoms. The first-order valence-corrected chi connectivity index (χ1v) is 9.36. The quantitative estimate of drug-likeness (QED) is 0.765. The number of benzene rings is 1. The lowest BCUT2D eigenvalue weighted by atomic mass is 10.2. The lowest BCUT2D eigenvalue weighted by Gasteiger charge is -2.06. The van der Waals surface area contributed by atoms with Crippen molar-refractivity contribution in [3.63, 3.8) is 0 Å². The molecule has 4 rings (SSSR count). The molecule has 130 valence electrons. The van der Waals surface area contributed by atoms with Gasteiger partial charge in [0.2, 0.25) is 0 Å². The number of hydrogen-bond acceptors (Lipinski definition) is 4. The summed E-state index contributed by atoms with van der Waals surface area (Å²) >= 11 is 1.80. The van der Waals surface area contributed by atoms with Crippen LogP contribution in [0.15, 0.2) is 24.3 Å². The van der Waals surface area contributed by atoms with E-state index in [-0.39, 0.29) is 5.91 Å². The molecule has 0 bridgehead atoms. The Bertz CT molecular complexity index is 920. The molecule has 0 spiro atoms. The maximum atomic E-state index is 12.5. The van der Waals surface area contributed by atoms with Gasteiger partial charge in [-0.2, -0.15) is 0 Å². The number of rotatable bonds is 5. The van der Waals surface area contributed by atoms with Gasteiger partial charge in [0, 0.05) is 35.8 Å². The third-order valence-corrected chi connectivity index (χ3v) is 5.96. The standard InChI is InChI=1S/C19H21N3O2S/c1-22-15-7-6-13(24-2)10-12(15)11-16(22)19(23)20-9-8-18-21-14-4-3-5-17(14)25-18/h6-7,10-11H,3-5,8-9H2,1-2H3,(H,20,23). The highest BCUT2D eigenvalue weighted by Crippen LogP contribution is 2.27. The SMILES string of the molecule is COc1ccc2c(c1)cc(C(=O)NCCc1nc3c(s1)CCC3)n2C. The van der Waals surface area contributed by atoms with Crippen LogP contribution >= 0.6 is 11.3 Å². The summed E-state index contributed by atoms with van der Waals surface area (Å²) in [6.07, 6.45) is 4.30. The highest BCUT2D eigenvalue weighted by molar-refractivity contribution is 7.11. The van der Waals surface area contributed by atoms with E-state index in [1.54, 1.807) is 18.4 Å². The van der Waals surface area contributed by atoms with Gasteiger partial charge in [-0.3, -0.25) is 4.79 Å². The predicted molar refractivity (Wildman–Crippen MR) is 99.6 cm³/mol. The molecule has 1 N–H and O–H groups in total. The van der Waals surface area contributed by atoms with Crippen LogP contribution in [-0.4, -0.2) is 29.1 Å². The third-order valence-electron chi connectivity index (χ3n) is 4.75. The van der Waals surface area contributed by atoms with Crippen LogP contribution in [0.3, 0.4) is 0 Å². The largest absolute Gasteiger partial charge is 0.497 e. The molecule has 1 amide bonds. The van der Waals surface area contributed by atoms with Gasteiger partial charge in [0.1, 0.15) is 11.4 Å². The predicted octanol–water partition coefficient (Wildman–Crippen LogP) is 3.10. The number of methoxy groups -OCH3 is 1. The number of nitrogens with one attached hydrogen (secondary N) is 1. The van der Waals surface area contributed by atoms with E-state index >= 15 is 0 Å². The molecule has 0 aliphatic heterocycles. The summed E-state index contributed by atoms with van der Waals surface area (Å²) in [7, 11) is 3.56. The molecule has 2 aromatic heterocycles. The van der Waals surface area contributed by atoms with E-state index in [1.165, 1.54) is 23.4 Å². The topological polar surface area (TPSA) is 56.1 Å². The number of hydrogen-bond donors (Lipinski definition) is 1. The number of aryl methyl sites for hydroxylation is 3. The Labute approximate surface area is 150 Å². The molecule has 0 fully saturated rings. The van der Waals surface area contributed by atoms with E-state index in [0.29, 0.717) is 12.2 Å². The van der Waals surface area contributed by atoms with Crippen molar-refractivity contribution in [1.82, 2.24) is 14.9 Å². The van der Waals surface area contributed by atoms with Crippen LogP contribution in [0.1, 0.15) is 32.5 Å². The van der Waals surface area contributed by atoms with Gasteiger partial charge in [-0.1, -0.05) is 0 Å². The van der Waals surface area contributed by atoms with Crippen molar-refractivity contribution < 1.29 is 9.53 Å². The minimum atomic E-state index is -0.0539. The fourth-order valence-corrected chi connectivity index (χ4v) is 4.55. The van der Waals surface area contributed by atoms with E-state index in [4.69, 9.17) is 4.74 Å². The van der Waals surface area contributed by atoms with Gasteiger partial charge in [-0.05, 0) is 43.5 Å². The van der Waals surface area contributed by atoms with Gasteiger partial charge in [0.05, 0.1) is 17.8 Å². The molecule has 0 atom stereocenters. The van der Waals surface area contributed by atoms with Crippen LogP contribution in [0, 0.1) is 0 Å². The Kier molecular flexibility index (Phi) is 4.21. The number of fused-ring (bicyclic) bond motifs is 2. The summed E-state index contributed by atoms with van der Waals surface area (Å²) in [5, 5.41) is 5.15. The van der Waals surface area contributed by atoms with Gasteiger partial charge < -0.3 is 14.6 Å². The molecule has 0 radical (unpaired) electrons. The zero-order valence-electron chi connectivity index (χ0n) is 14.5. The number of ether oxygens (including phenoxy) is 1. The summed E-state index contributed by atoms with van der Waals surface area (Å²) < 4.78 is 7.17. The van der Waals surface area contributed by atoms with Crippen LogP contribution in [0.5, 0.6) is 5.75 Å². The number of carbonyl (C=O) groups is 1. The fraction of sp³-hybridized carbons (Fsp3) is 0.368. The number of aromatic nitrogens is 2. The molecule has 25 heavy (non-hydrogen) atoms. The zero-order chi connectivity index (χ0) is 17.4. The molecular formula is C19H21N3O2S. The van der Waals surface area contributed by atoms with E-state index in [1.807, 2.05) is 35.9 Å². The molecule has 5 nitrogen and oxygen atoms in total. The van der Waals surface area contributed by atoms with Crippen molar-refractivity contribution >= 4 is 28.1 Å². The first-order chi connectivity index (χ1) is 12.2. The van der Waals surface area contributed by atoms with E-state index in [0.717, 1.165) is 34.5 Å². The van der Waals surface area contributed by atoms with E-state index in [2.05, 4.69) is 10.3 Å². The van der Waals surface area contributed by atoms with Crippen molar-refractivity contribution in [3.8, 4) is 5.75 Å². The van der Waals surface area contributed by atoms with Crippen LogP contribution in [-0.2, 0) is 26.3 Å². The van der Waals surface area contributed by atoms with Crippen LogP contribution in [0.2, 0.25) is 0 Å². The average molecular weight is 355 g/mol. The monoisotopic (exact) mass is 355 g/mol. The molecule has 1 aromatic carbocycles. The second-order valence-corrected chi connectivity index (χ2v) is 7.52.